The molecule has 0 bridgehead atoms. The van der Waals surface area contributed by atoms with Gasteiger partial charge in [-0.1, -0.05) is 34.3 Å². The van der Waals surface area contributed by atoms with Crippen molar-refractivity contribution in [2.24, 2.45) is 34.5 Å². The minimum Gasteiger partial charge on any atom is -0.481 e. The lowest BCUT2D eigenvalue weighted by Gasteiger charge is -2.61. The number of carboxylic acid groups (broad SMARTS) is 1. The lowest BCUT2D eigenvalue weighted by atomic mass is 9.47. The average molecular weight is 637 g/mol. The number of rotatable bonds is 7. The maximum atomic E-state index is 13.4. The summed E-state index contributed by atoms with van der Waals surface area (Å²) in [5, 5.41) is 54.7. The average Bonchev–Trinajstić information content (AvgIpc) is 3.45. The molecule has 14 atom stereocenters. The summed E-state index contributed by atoms with van der Waals surface area (Å²) < 4.78 is 28.9. The molecule has 0 aromatic heterocycles. The molecular formula is C31H40O14. The first-order chi connectivity index (χ1) is 20.9. The molecule has 6 aliphatic rings. The summed E-state index contributed by atoms with van der Waals surface area (Å²) in [5.41, 5.74) is -5.57. The number of hydrogen-bond acceptors (Lipinski definition) is 13. The van der Waals surface area contributed by atoms with E-state index in [0.29, 0.717) is 0 Å². The lowest BCUT2D eigenvalue weighted by Crippen LogP contribution is -2.70. The first kappa shape index (κ1) is 32.1. The van der Waals surface area contributed by atoms with Crippen LogP contribution in [0.2, 0.25) is 0 Å². The van der Waals surface area contributed by atoms with E-state index in [1.54, 1.807) is 34.6 Å². The van der Waals surface area contributed by atoms with E-state index in [1.165, 1.54) is 0 Å². The molecule has 5 fully saturated rings. The number of esters is 3. The molecule has 45 heavy (non-hydrogen) atoms. The summed E-state index contributed by atoms with van der Waals surface area (Å²) in [4.78, 5) is 51.1. The molecule has 6 rings (SSSR count). The molecule has 2 saturated carbocycles. The Kier molecular flexibility index (Phi) is 7.17. The zero-order valence-corrected chi connectivity index (χ0v) is 25.7. The van der Waals surface area contributed by atoms with Crippen molar-refractivity contribution in [1.29, 1.82) is 0 Å². The van der Waals surface area contributed by atoms with Crippen molar-refractivity contribution in [3.8, 4) is 0 Å². The Morgan fingerprint density at radius 2 is 1.78 bits per heavy atom. The SMILES string of the molecule is C=C1[C@@H]([C@]2(C)[C@H]3CC(=O)O[C@@]3(C)CO[C@@H]2CC(=O)O)[C@@H](O)[C@H](OC(=O)[C@H](O)C(C)C)[C@@]2(C)[C@H](C3=C[C@@H](O)OC3=O)[C@@H](O)[C@H]3O[C@]132. The Balaban J connectivity index is 1.53. The Morgan fingerprint density at radius 1 is 1.11 bits per heavy atom. The highest BCUT2D eigenvalue weighted by Crippen LogP contribution is 2.76. The summed E-state index contributed by atoms with van der Waals surface area (Å²) in [6, 6.07) is 0. The number of aliphatic hydroxyl groups is 4. The number of epoxide rings is 1. The van der Waals surface area contributed by atoms with Crippen molar-refractivity contribution in [3.63, 3.8) is 0 Å². The maximum absolute atomic E-state index is 13.4. The number of carbonyl (C=O) groups excluding carboxylic acids is 3. The number of carboxylic acids is 1. The van der Waals surface area contributed by atoms with Gasteiger partial charge in [-0.2, -0.15) is 0 Å². The summed E-state index contributed by atoms with van der Waals surface area (Å²) in [7, 11) is 0. The van der Waals surface area contributed by atoms with Gasteiger partial charge < -0.3 is 49.2 Å². The zero-order valence-electron chi connectivity index (χ0n) is 25.7. The van der Waals surface area contributed by atoms with Gasteiger partial charge in [-0.3, -0.25) is 9.59 Å². The van der Waals surface area contributed by atoms with E-state index in [4.69, 9.17) is 23.7 Å². The highest BCUT2D eigenvalue weighted by molar-refractivity contribution is 5.92. The van der Waals surface area contributed by atoms with Gasteiger partial charge >= 0.3 is 23.9 Å². The number of ether oxygens (including phenoxy) is 5. The Labute approximate surface area is 258 Å². The summed E-state index contributed by atoms with van der Waals surface area (Å²) in [6.07, 6.45) is -9.43. The quantitative estimate of drug-likeness (QED) is 0.104. The first-order valence-electron chi connectivity index (χ1n) is 15.1. The van der Waals surface area contributed by atoms with Crippen LogP contribution in [0.15, 0.2) is 23.8 Å². The monoisotopic (exact) mass is 636 g/mol. The molecule has 248 valence electrons. The lowest BCUT2D eigenvalue weighted by molar-refractivity contribution is -0.249. The zero-order chi connectivity index (χ0) is 33.2. The van der Waals surface area contributed by atoms with Crippen LogP contribution in [-0.2, 0) is 42.9 Å². The van der Waals surface area contributed by atoms with Gasteiger partial charge in [0.05, 0.1) is 43.2 Å². The fourth-order valence-electron chi connectivity index (χ4n) is 9.49. The van der Waals surface area contributed by atoms with Gasteiger partial charge in [0.2, 0.25) is 6.29 Å². The van der Waals surface area contributed by atoms with Gasteiger partial charge in [0.1, 0.15) is 23.4 Å². The minimum atomic E-state index is -1.69. The molecule has 5 N–H and O–H groups in total. The first-order valence-corrected chi connectivity index (χ1v) is 15.1. The third kappa shape index (κ3) is 4.08. The van der Waals surface area contributed by atoms with E-state index in [1.807, 2.05) is 0 Å². The Morgan fingerprint density at radius 3 is 2.36 bits per heavy atom. The molecule has 0 aromatic rings. The second-order valence-electron chi connectivity index (χ2n) is 14.3. The number of aliphatic carboxylic acids is 1. The molecule has 4 aliphatic heterocycles. The third-order valence-electron chi connectivity index (χ3n) is 11.6. The van der Waals surface area contributed by atoms with Crippen LogP contribution < -0.4 is 0 Å². The van der Waals surface area contributed by atoms with Gasteiger partial charge in [0.25, 0.3) is 0 Å². The fraction of sp³-hybridized carbons (Fsp3) is 0.742. The van der Waals surface area contributed by atoms with Gasteiger partial charge in [0, 0.05) is 28.7 Å². The van der Waals surface area contributed by atoms with Gasteiger partial charge in [0.15, 0.2) is 6.10 Å². The smallest absolute Gasteiger partial charge is 0.336 e. The summed E-state index contributed by atoms with van der Waals surface area (Å²) in [6.45, 7) is 12.4. The molecule has 0 amide bonds. The number of carbonyl (C=O) groups is 4. The van der Waals surface area contributed by atoms with Gasteiger partial charge in [-0.05, 0) is 24.5 Å². The van der Waals surface area contributed by atoms with Crippen LogP contribution in [0.4, 0.5) is 0 Å². The second-order valence-corrected chi connectivity index (χ2v) is 14.3. The van der Waals surface area contributed by atoms with Crippen LogP contribution in [0.25, 0.3) is 0 Å². The van der Waals surface area contributed by atoms with Crippen molar-refractivity contribution in [1.82, 2.24) is 0 Å². The topological polar surface area (TPSA) is 219 Å². The van der Waals surface area contributed by atoms with Crippen molar-refractivity contribution < 1.29 is 68.4 Å². The molecular weight excluding hydrogens is 596 g/mol. The summed E-state index contributed by atoms with van der Waals surface area (Å²) >= 11 is 0. The Bertz CT molecular complexity index is 1390. The van der Waals surface area contributed by atoms with Crippen molar-refractivity contribution in [2.45, 2.75) is 102 Å². The van der Waals surface area contributed by atoms with E-state index in [0.717, 1.165) is 6.08 Å². The molecule has 3 saturated heterocycles. The summed E-state index contributed by atoms with van der Waals surface area (Å²) in [5.74, 6) is -7.31. The van der Waals surface area contributed by atoms with Crippen molar-refractivity contribution in [2.75, 3.05) is 6.61 Å². The molecule has 0 unspecified atom stereocenters. The van der Waals surface area contributed by atoms with Crippen LogP contribution in [-0.4, -0.2) is 110 Å². The van der Waals surface area contributed by atoms with E-state index < -0.39 is 119 Å². The van der Waals surface area contributed by atoms with Crippen LogP contribution in [0, 0.1) is 34.5 Å². The molecule has 4 heterocycles. The number of aliphatic hydroxyl groups excluding tert-OH is 4. The predicted molar refractivity (Wildman–Crippen MR) is 147 cm³/mol. The molecule has 1 spiro atoms. The van der Waals surface area contributed by atoms with E-state index in [9.17, 15) is 44.7 Å². The third-order valence-corrected chi connectivity index (χ3v) is 11.6. The van der Waals surface area contributed by atoms with Crippen LogP contribution in [0.5, 0.6) is 0 Å². The number of cyclic esters (lactones) is 1. The Hall–Kier alpha value is -2.88. The van der Waals surface area contributed by atoms with Crippen molar-refractivity contribution >= 4 is 23.9 Å². The minimum absolute atomic E-state index is 0.0907. The van der Waals surface area contributed by atoms with E-state index in [2.05, 4.69) is 6.58 Å². The molecule has 0 aromatic carbocycles. The van der Waals surface area contributed by atoms with Crippen molar-refractivity contribution in [3.05, 3.63) is 23.8 Å². The fourth-order valence-corrected chi connectivity index (χ4v) is 9.49. The van der Waals surface area contributed by atoms with Crippen LogP contribution >= 0.6 is 0 Å². The molecule has 14 nitrogen and oxygen atoms in total. The maximum Gasteiger partial charge on any atom is 0.336 e. The molecule has 2 aliphatic carbocycles. The van der Waals surface area contributed by atoms with E-state index >= 15 is 0 Å². The van der Waals surface area contributed by atoms with Crippen LogP contribution in [0.3, 0.4) is 0 Å². The van der Waals surface area contributed by atoms with E-state index in [-0.39, 0.29) is 24.2 Å². The highest BCUT2D eigenvalue weighted by atomic mass is 16.6. The molecule has 0 radical (unpaired) electrons. The number of hydrogen-bond donors (Lipinski definition) is 5. The van der Waals surface area contributed by atoms with Gasteiger partial charge in [-0.15, -0.1) is 0 Å². The standard InChI is InChI=1S/C31H40O14/c1-11(2)21(36)27(40)43-24-22(37)19(29(5)14-8-18(35)44-28(14,4)10-41-15(29)9-16(32)33)12(3)31-25(45-31)23(38)20(30(24,31)6)13-7-17(34)42-26(13)39/h7,11,14-15,17,19-25,34,36-38H,3,8-10H2,1-2,4-6H3,(H,32,33)/t14-,15+,17-,19+,20+,21+,22+,23+,24-,25+,28-,29+,30+,31+/m0/s1. The molecule has 14 heteroatoms. The second kappa shape index (κ2) is 10.1. The van der Waals surface area contributed by atoms with Crippen LogP contribution in [0.1, 0.15) is 47.5 Å². The normalized spacial score (nSPS) is 49.0. The van der Waals surface area contributed by atoms with Gasteiger partial charge in [-0.25, -0.2) is 9.59 Å². The number of fused-ring (bicyclic) bond motifs is 1. The largest absolute Gasteiger partial charge is 0.481 e. The predicted octanol–water partition coefficient (Wildman–Crippen LogP) is -0.400. The highest BCUT2D eigenvalue weighted by Gasteiger charge is 2.87.